The molecule has 33 heavy (non-hydrogen) atoms. The van der Waals surface area contributed by atoms with Crippen molar-refractivity contribution in [2.45, 2.75) is 39.3 Å². The van der Waals surface area contributed by atoms with Crippen molar-refractivity contribution in [3.63, 3.8) is 0 Å². The summed E-state index contributed by atoms with van der Waals surface area (Å²) in [7, 11) is 0. The van der Waals surface area contributed by atoms with Crippen molar-refractivity contribution in [2.75, 3.05) is 44.2 Å². The van der Waals surface area contributed by atoms with E-state index in [9.17, 15) is 0 Å². The molecule has 0 radical (unpaired) electrons. The van der Waals surface area contributed by atoms with Crippen LogP contribution in [0.2, 0.25) is 0 Å². The highest BCUT2D eigenvalue weighted by molar-refractivity contribution is 5.88. The Bertz CT molecular complexity index is 1050. The second-order valence-corrected chi connectivity index (χ2v) is 10.0. The Morgan fingerprint density at radius 3 is 2.91 bits per heavy atom. The van der Waals surface area contributed by atoms with Crippen LogP contribution >= 0.6 is 0 Å². The lowest BCUT2D eigenvalue weighted by molar-refractivity contribution is 0.0726. The molecule has 0 spiro atoms. The van der Waals surface area contributed by atoms with E-state index in [-0.39, 0.29) is 0 Å². The quantitative estimate of drug-likeness (QED) is 0.546. The van der Waals surface area contributed by atoms with Crippen LogP contribution in [0.3, 0.4) is 0 Å². The van der Waals surface area contributed by atoms with Gasteiger partial charge in [-0.1, -0.05) is 43.3 Å². The lowest BCUT2D eigenvalue weighted by Gasteiger charge is -2.46. The zero-order valence-electron chi connectivity index (χ0n) is 19.9. The molecule has 0 unspecified atom stereocenters. The fraction of sp³-hybridized carbons (Fsp3) is 0.519. The van der Waals surface area contributed by atoms with Gasteiger partial charge in [0.2, 0.25) is 0 Å². The summed E-state index contributed by atoms with van der Waals surface area (Å²) in [6.45, 7) is 11.4. The molecule has 2 atom stereocenters. The van der Waals surface area contributed by atoms with Crippen LogP contribution in [-0.4, -0.2) is 55.4 Å². The van der Waals surface area contributed by atoms with Gasteiger partial charge < -0.3 is 19.5 Å². The maximum atomic E-state index is 6.23. The van der Waals surface area contributed by atoms with E-state index in [4.69, 9.17) is 9.26 Å². The number of aromatic nitrogens is 1. The Morgan fingerprint density at radius 1 is 1.09 bits per heavy atom. The monoisotopic (exact) mass is 448 g/mol. The molecular weight excluding hydrogens is 412 g/mol. The SMILES string of the molecule is CC(C)CNCc1cccc(OC[C@@H]2CC[C@H]3CN(c4noc5ccccc45)CCN3C2)c1. The molecule has 0 bridgehead atoms. The number of nitrogens with one attached hydrogen (secondary N) is 1. The highest BCUT2D eigenvalue weighted by Gasteiger charge is 2.34. The van der Waals surface area contributed by atoms with E-state index in [0.717, 1.165) is 68.4 Å². The predicted octanol–water partition coefficient (Wildman–Crippen LogP) is 4.55. The fourth-order valence-electron chi connectivity index (χ4n) is 5.15. The van der Waals surface area contributed by atoms with Crippen molar-refractivity contribution in [2.24, 2.45) is 11.8 Å². The number of anilines is 1. The highest BCUT2D eigenvalue weighted by Crippen LogP contribution is 2.31. The Balaban J connectivity index is 1.12. The first-order chi connectivity index (χ1) is 16.2. The van der Waals surface area contributed by atoms with E-state index in [1.165, 1.54) is 18.4 Å². The number of piperidine rings is 1. The summed E-state index contributed by atoms with van der Waals surface area (Å²) in [5.41, 5.74) is 2.16. The maximum absolute atomic E-state index is 6.23. The van der Waals surface area contributed by atoms with Crippen LogP contribution in [0.15, 0.2) is 53.1 Å². The number of para-hydroxylation sites is 1. The van der Waals surface area contributed by atoms with E-state index in [0.29, 0.717) is 17.9 Å². The lowest BCUT2D eigenvalue weighted by atomic mass is 9.91. The summed E-state index contributed by atoms with van der Waals surface area (Å²) in [6.07, 6.45) is 2.42. The lowest BCUT2D eigenvalue weighted by Crippen LogP contribution is -2.57. The maximum Gasteiger partial charge on any atom is 0.180 e. The van der Waals surface area contributed by atoms with Crippen LogP contribution in [0, 0.1) is 11.8 Å². The summed E-state index contributed by atoms with van der Waals surface area (Å²) < 4.78 is 11.8. The summed E-state index contributed by atoms with van der Waals surface area (Å²) in [5, 5.41) is 9.01. The van der Waals surface area contributed by atoms with E-state index >= 15 is 0 Å². The van der Waals surface area contributed by atoms with E-state index < -0.39 is 0 Å². The molecule has 2 aromatic carbocycles. The zero-order chi connectivity index (χ0) is 22.6. The number of rotatable bonds is 8. The molecule has 0 saturated carbocycles. The molecule has 0 aliphatic carbocycles. The number of ether oxygens (including phenoxy) is 1. The molecule has 0 amide bonds. The van der Waals surface area contributed by atoms with E-state index in [1.54, 1.807) is 0 Å². The van der Waals surface area contributed by atoms with Crippen molar-refractivity contribution < 1.29 is 9.26 Å². The van der Waals surface area contributed by atoms with Gasteiger partial charge in [0.1, 0.15) is 5.75 Å². The second-order valence-electron chi connectivity index (χ2n) is 10.0. The Kier molecular flexibility index (Phi) is 6.83. The molecule has 5 rings (SSSR count). The molecular formula is C27H36N4O2. The average Bonchev–Trinajstić information content (AvgIpc) is 3.27. The van der Waals surface area contributed by atoms with E-state index in [2.05, 4.69) is 70.5 Å². The Morgan fingerprint density at radius 2 is 2.00 bits per heavy atom. The third-order valence-corrected chi connectivity index (χ3v) is 6.93. The minimum absolute atomic E-state index is 0.584. The standard InChI is InChI=1S/C27H36N4O2/c1-20(2)15-28-16-21-6-5-7-24(14-21)32-19-22-10-11-23-18-31(13-12-30(23)17-22)27-25-8-3-4-9-26(25)33-29-27/h3-9,14,20,22-23,28H,10-13,15-19H2,1-2H3/t22-,23+/m1/s1. The minimum atomic E-state index is 0.584. The third-order valence-electron chi connectivity index (χ3n) is 6.93. The molecule has 1 aromatic heterocycles. The number of nitrogens with zero attached hydrogens (tertiary/aromatic N) is 3. The van der Waals surface area contributed by atoms with Crippen LogP contribution in [0.1, 0.15) is 32.3 Å². The summed E-state index contributed by atoms with van der Waals surface area (Å²) in [6, 6.07) is 17.3. The van der Waals surface area contributed by atoms with Crippen molar-refractivity contribution in [1.29, 1.82) is 0 Å². The summed E-state index contributed by atoms with van der Waals surface area (Å²) in [4.78, 5) is 5.06. The van der Waals surface area contributed by atoms with E-state index in [1.807, 2.05) is 12.1 Å². The Labute approximate surface area is 196 Å². The minimum Gasteiger partial charge on any atom is -0.493 e. The number of hydrogen-bond donors (Lipinski definition) is 1. The molecule has 3 heterocycles. The van der Waals surface area contributed by atoms with Crippen LogP contribution in [0.5, 0.6) is 5.75 Å². The summed E-state index contributed by atoms with van der Waals surface area (Å²) in [5.74, 6) is 3.24. The van der Waals surface area contributed by atoms with Gasteiger partial charge in [-0.15, -0.1) is 0 Å². The van der Waals surface area contributed by atoms with Crippen molar-refractivity contribution >= 4 is 16.8 Å². The smallest absolute Gasteiger partial charge is 0.180 e. The first kappa shape index (κ1) is 22.2. The highest BCUT2D eigenvalue weighted by atomic mass is 16.5. The predicted molar refractivity (Wildman–Crippen MR) is 133 cm³/mol. The van der Waals surface area contributed by atoms with Crippen molar-refractivity contribution in [3.05, 3.63) is 54.1 Å². The van der Waals surface area contributed by atoms with Gasteiger partial charge in [-0.25, -0.2) is 0 Å². The van der Waals surface area contributed by atoms with Gasteiger partial charge in [0.15, 0.2) is 11.4 Å². The van der Waals surface area contributed by atoms with Crippen molar-refractivity contribution in [3.8, 4) is 5.75 Å². The molecule has 3 aromatic rings. The fourth-order valence-corrected chi connectivity index (χ4v) is 5.15. The largest absolute Gasteiger partial charge is 0.493 e. The molecule has 2 saturated heterocycles. The second kappa shape index (κ2) is 10.1. The van der Waals surface area contributed by atoms with Crippen LogP contribution in [-0.2, 0) is 6.54 Å². The average molecular weight is 449 g/mol. The zero-order valence-corrected chi connectivity index (χ0v) is 19.9. The van der Waals surface area contributed by atoms with Gasteiger partial charge in [-0.3, -0.25) is 4.90 Å². The number of piperazine rings is 1. The third kappa shape index (κ3) is 5.33. The number of hydrogen-bond acceptors (Lipinski definition) is 6. The normalized spacial score (nSPS) is 21.5. The van der Waals surface area contributed by atoms with Gasteiger partial charge in [0.25, 0.3) is 0 Å². The molecule has 2 fully saturated rings. The first-order valence-electron chi connectivity index (χ1n) is 12.4. The number of fused-ring (bicyclic) bond motifs is 2. The number of benzene rings is 2. The molecule has 1 N–H and O–H groups in total. The van der Waals surface area contributed by atoms with Crippen LogP contribution in [0.4, 0.5) is 5.82 Å². The van der Waals surface area contributed by atoms with Crippen molar-refractivity contribution in [1.82, 2.24) is 15.4 Å². The van der Waals surface area contributed by atoms with Gasteiger partial charge in [0, 0.05) is 44.7 Å². The van der Waals surface area contributed by atoms with Gasteiger partial charge in [0.05, 0.1) is 12.0 Å². The van der Waals surface area contributed by atoms with Gasteiger partial charge in [-0.05, 0) is 55.1 Å². The molecule has 2 aliphatic heterocycles. The van der Waals surface area contributed by atoms with Crippen LogP contribution in [0.25, 0.3) is 11.0 Å². The van der Waals surface area contributed by atoms with Gasteiger partial charge >= 0.3 is 0 Å². The molecule has 6 nitrogen and oxygen atoms in total. The molecule has 176 valence electrons. The van der Waals surface area contributed by atoms with Gasteiger partial charge in [-0.2, -0.15) is 0 Å². The topological polar surface area (TPSA) is 53.8 Å². The van der Waals surface area contributed by atoms with Crippen LogP contribution < -0.4 is 15.0 Å². The molecule has 2 aliphatic rings. The summed E-state index contributed by atoms with van der Waals surface area (Å²) >= 11 is 0. The first-order valence-corrected chi connectivity index (χ1v) is 12.4. The Hall–Kier alpha value is -2.57. The molecule has 6 heteroatoms.